The van der Waals surface area contributed by atoms with Gasteiger partial charge in [0.1, 0.15) is 4.91 Å². The Kier molecular flexibility index (Phi) is 10.6. The van der Waals surface area contributed by atoms with Gasteiger partial charge in [0.2, 0.25) is 11.7 Å². The van der Waals surface area contributed by atoms with E-state index in [9.17, 15) is 31.7 Å². The molecule has 0 saturated heterocycles. The number of rotatable bonds is 8. The minimum Gasteiger partial charge on any atom is -1.00 e. The van der Waals surface area contributed by atoms with Gasteiger partial charge in [-0.05, 0) is 54.5 Å². The van der Waals surface area contributed by atoms with Crippen molar-refractivity contribution in [3.63, 3.8) is 0 Å². The van der Waals surface area contributed by atoms with Crippen LogP contribution in [0.25, 0.3) is 0 Å². The van der Waals surface area contributed by atoms with E-state index in [1.165, 1.54) is 12.1 Å². The minimum absolute atomic E-state index is 0. The average molecular weight is 709 g/mol. The fraction of sp³-hybridized carbons (Fsp3) is 0.259. The third-order valence-electron chi connectivity index (χ3n) is 6.66. The van der Waals surface area contributed by atoms with Gasteiger partial charge < -0.3 is 11.6 Å². The third kappa shape index (κ3) is 6.76. The van der Waals surface area contributed by atoms with Gasteiger partial charge in [-0.3, -0.25) is 23.2 Å². The van der Waals surface area contributed by atoms with Crippen LogP contribution in [-0.4, -0.2) is 50.5 Å². The van der Waals surface area contributed by atoms with Gasteiger partial charge in [0, 0.05) is 34.6 Å². The molecular weight excluding hydrogens is 678 g/mol. The number of ketones is 1. The molecule has 1 amide bonds. The van der Waals surface area contributed by atoms with Crippen molar-refractivity contribution in [1.82, 2.24) is 0 Å². The van der Waals surface area contributed by atoms with Crippen LogP contribution in [0.2, 0.25) is 0 Å². The van der Waals surface area contributed by atoms with Gasteiger partial charge in [0.05, 0.1) is 15.1 Å². The molecule has 2 aliphatic rings. The van der Waals surface area contributed by atoms with Crippen molar-refractivity contribution in [2.75, 3.05) is 26.9 Å². The maximum atomic E-state index is 12.8. The Balaban J connectivity index is 0.00000294. The first-order chi connectivity index (χ1) is 18.3. The molecule has 2 aliphatic heterocycles. The van der Waals surface area contributed by atoms with Crippen LogP contribution in [0.15, 0.2) is 82.3 Å². The first-order valence-corrected chi connectivity index (χ1v) is 16.7. The molecule has 0 bridgehead atoms. The van der Waals surface area contributed by atoms with Gasteiger partial charge in [-0.2, -0.15) is 8.42 Å². The first kappa shape index (κ1) is 33.0. The van der Waals surface area contributed by atoms with Crippen LogP contribution in [0.5, 0.6) is 0 Å². The molecule has 210 valence electrons. The van der Waals surface area contributed by atoms with Crippen LogP contribution in [0.4, 0.5) is 11.4 Å². The summed E-state index contributed by atoms with van der Waals surface area (Å²) in [5, 5.41) is 2.86. The molecule has 2 aromatic rings. The third-order valence-corrected chi connectivity index (χ3v) is 10.1. The zero-order valence-corrected chi connectivity index (χ0v) is 28.1. The SMILES string of the molecule is CC1(C)C(=CC=CC=C2C(=O)c3ccccc3S2(O)O)N(CCCS(=O)(=O)O)c2ccc(NC(=O)CI)cc21.[H-].[Na+]. The summed E-state index contributed by atoms with van der Waals surface area (Å²) in [7, 11) is -7.53. The van der Waals surface area contributed by atoms with Crippen LogP contribution in [0.1, 0.15) is 37.6 Å². The zero-order valence-electron chi connectivity index (χ0n) is 23.3. The number of fused-ring (bicyclic) bond motifs is 2. The maximum Gasteiger partial charge on any atom is 1.00 e. The van der Waals surface area contributed by atoms with Gasteiger partial charge in [-0.25, -0.2) is 0 Å². The van der Waals surface area contributed by atoms with E-state index in [-0.39, 0.29) is 58.7 Å². The Morgan fingerprint density at radius 2 is 1.82 bits per heavy atom. The number of carbonyl (C=O) groups is 2. The molecule has 0 spiro atoms. The number of nitrogens with one attached hydrogen (secondary N) is 1. The molecule has 9 nitrogen and oxygen atoms in total. The number of allylic oxidation sites excluding steroid dienone is 6. The van der Waals surface area contributed by atoms with Crippen LogP contribution in [0.3, 0.4) is 0 Å². The van der Waals surface area contributed by atoms with E-state index in [0.717, 1.165) is 16.9 Å². The Morgan fingerprint density at radius 3 is 2.48 bits per heavy atom. The topological polar surface area (TPSA) is 144 Å². The van der Waals surface area contributed by atoms with Gasteiger partial charge in [-0.15, -0.1) is 10.6 Å². The molecule has 2 aromatic carbocycles. The fourth-order valence-electron chi connectivity index (χ4n) is 4.84. The standard InChI is InChI=1S/C27H29IN2O7S2.Na.H/c1-27(2)20-16-18(29-25(31)17-28)12-13-21(20)30(14-7-15-38(33,34)35)24(27)11-6-5-10-23-26(32)19-8-3-4-9-22(19)39(23,36)37;;/h3-6,8-13,16,36-37H,7,14-15,17H2,1-2H3,(H,29,31)(H,33,34,35);;/q;+1;-1. The zero-order chi connectivity index (χ0) is 28.6. The Bertz CT molecular complexity index is 1540. The molecule has 0 radical (unpaired) electrons. The summed E-state index contributed by atoms with van der Waals surface area (Å²) in [4.78, 5) is 26.8. The molecule has 0 atom stereocenters. The number of alkyl halides is 1. The Morgan fingerprint density at radius 1 is 1.15 bits per heavy atom. The monoisotopic (exact) mass is 708 g/mol. The predicted octanol–water partition coefficient (Wildman–Crippen LogP) is 2.88. The fourth-order valence-corrected chi connectivity index (χ4v) is 7.13. The van der Waals surface area contributed by atoms with Gasteiger partial charge in [-0.1, -0.05) is 60.7 Å². The smallest absolute Gasteiger partial charge is 1.00 e. The van der Waals surface area contributed by atoms with E-state index in [1.807, 2.05) is 59.5 Å². The maximum absolute atomic E-state index is 12.8. The van der Waals surface area contributed by atoms with Crippen molar-refractivity contribution in [1.29, 1.82) is 0 Å². The normalized spacial score (nSPS) is 19.9. The first-order valence-electron chi connectivity index (χ1n) is 12.0. The number of hydrogen-bond donors (Lipinski definition) is 4. The summed E-state index contributed by atoms with van der Waals surface area (Å²) in [6, 6.07) is 12.0. The largest absolute Gasteiger partial charge is 1.00 e. The van der Waals surface area contributed by atoms with Gasteiger partial charge >= 0.3 is 29.6 Å². The van der Waals surface area contributed by atoms with Crippen LogP contribution in [0, 0.1) is 0 Å². The summed E-state index contributed by atoms with van der Waals surface area (Å²) < 4.78 is 53.6. The molecule has 0 unspecified atom stereocenters. The molecule has 4 N–H and O–H groups in total. The number of amides is 1. The number of anilines is 2. The van der Waals surface area contributed by atoms with Crippen molar-refractivity contribution in [2.24, 2.45) is 0 Å². The van der Waals surface area contributed by atoms with E-state index in [1.54, 1.807) is 36.4 Å². The van der Waals surface area contributed by atoms with Crippen molar-refractivity contribution in [2.45, 2.75) is 30.6 Å². The van der Waals surface area contributed by atoms with Crippen LogP contribution >= 0.6 is 33.2 Å². The molecule has 0 aromatic heterocycles. The van der Waals surface area contributed by atoms with E-state index in [4.69, 9.17) is 0 Å². The minimum atomic E-state index is -4.12. The summed E-state index contributed by atoms with van der Waals surface area (Å²) in [5.41, 5.74) is 2.97. The molecule has 40 heavy (non-hydrogen) atoms. The van der Waals surface area contributed by atoms with E-state index < -0.39 is 37.7 Å². The van der Waals surface area contributed by atoms with Crippen molar-refractivity contribution >= 4 is 66.4 Å². The molecule has 0 fully saturated rings. The quantitative estimate of drug-likeness (QED) is 0.108. The van der Waals surface area contributed by atoms with E-state index in [0.29, 0.717) is 16.7 Å². The number of nitrogens with zero attached hydrogens (tertiary/aromatic N) is 1. The number of carbonyl (C=O) groups excluding carboxylic acids is 2. The Labute approximate surface area is 272 Å². The summed E-state index contributed by atoms with van der Waals surface area (Å²) >= 11 is 1.99. The summed E-state index contributed by atoms with van der Waals surface area (Å²) in [6.07, 6.45) is 6.68. The van der Waals surface area contributed by atoms with Crippen molar-refractivity contribution < 1.29 is 62.6 Å². The molecule has 13 heteroatoms. The number of Topliss-reactive ketones (excluding diaryl/α,β-unsaturated/α-hetero) is 1. The average Bonchev–Trinajstić information content (AvgIpc) is 3.19. The number of halogens is 1. The second-order valence-corrected chi connectivity index (χ2v) is 14.0. The van der Waals surface area contributed by atoms with E-state index >= 15 is 0 Å². The van der Waals surface area contributed by atoms with E-state index in [2.05, 4.69) is 5.32 Å². The summed E-state index contributed by atoms with van der Waals surface area (Å²) in [5.74, 6) is -0.944. The molecular formula is C27H30IN2NaO7S2. The molecule has 2 heterocycles. The van der Waals surface area contributed by atoms with Crippen LogP contribution in [-0.2, 0) is 20.3 Å². The second-order valence-electron chi connectivity index (χ2n) is 9.67. The van der Waals surface area contributed by atoms with Gasteiger partial charge in [0.25, 0.3) is 10.1 Å². The second kappa shape index (κ2) is 12.8. The number of benzene rings is 2. The Hall–Kier alpha value is -1.49. The molecule has 4 rings (SSSR count). The van der Waals surface area contributed by atoms with Crippen molar-refractivity contribution in [3.8, 4) is 0 Å². The predicted molar refractivity (Wildman–Crippen MR) is 164 cm³/mol. The molecule has 0 saturated carbocycles. The van der Waals surface area contributed by atoms with Crippen molar-refractivity contribution in [3.05, 3.63) is 88.5 Å². The molecule has 0 aliphatic carbocycles. The van der Waals surface area contributed by atoms with Gasteiger partial charge in [0.15, 0.2) is 0 Å². The van der Waals surface area contributed by atoms with Crippen LogP contribution < -0.4 is 39.8 Å². The number of hydrogen-bond acceptors (Lipinski definition) is 7. The summed E-state index contributed by atoms with van der Waals surface area (Å²) in [6.45, 7) is 4.32.